The molecule has 0 fully saturated rings. The Morgan fingerprint density at radius 3 is 1.73 bits per heavy atom. The molecule has 0 saturated heterocycles. The average molecular weight is 258 g/mol. The summed E-state index contributed by atoms with van der Waals surface area (Å²) in [6.45, 7) is 9.27. The second-order valence-electron chi connectivity index (χ2n) is 4.10. The van der Waals surface area contributed by atoms with Crippen molar-refractivity contribution in [1.82, 2.24) is 0 Å². The van der Waals surface area contributed by atoms with Crippen molar-refractivity contribution in [3.8, 4) is 6.07 Å². The molecule has 0 radical (unpaired) electrons. The van der Waals surface area contributed by atoms with E-state index in [9.17, 15) is 4.79 Å². The third-order valence-corrected chi connectivity index (χ3v) is 2.27. The molecule has 0 saturated carbocycles. The standard InChI is InChI=1S/C11H18NO.2K/c1-8(2)6-11(7-12,9(3)4)10(5)13;;/h6,8-9H,1-5H3;;/q-1;2*+1. The van der Waals surface area contributed by atoms with E-state index in [1.54, 1.807) is 0 Å². The maximum absolute atomic E-state index is 11.4. The van der Waals surface area contributed by atoms with Crippen LogP contribution in [0.5, 0.6) is 0 Å². The second-order valence-corrected chi connectivity index (χ2v) is 4.10. The minimum atomic E-state index is -0.895. The van der Waals surface area contributed by atoms with Crippen LogP contribution in [0.3, 0.4) is 0 Å². The van der Waals surface area contributed by atoms with Crippen molar-refractivity contribution in [3.63, 3.8) is 0 Å². The first-order valence-electron chi connectivity index (χ1n) is 4.65. The Hall–Kier alpha value is 2.43. The quantitative estimate of drug-likeness (QED) is 0.390. The Morgan fingerprint density at radius 2 is 1.67 bits per heavy atom. The van der Waals surface area contributed by atoms with Gasteiger partial charge in [0, 0.05) is 6.07 Å². The number of hydrogen-bond acceptors (Lipinski definition) is 2. The van der Waals surface area contributed by atoms with Crippen LogP contribution in [0.25, 0.3) is 0 Å². The normalized spacial score (nSPS) is 13.5. The van der Waals surface area contributed by atoms with Gasteiger partial charge in [-0.1, -0.05) is 27.7 Å². The van der Waals surface area contributed by atoms with E-state index in [4.69, 9.17) is 5.26 Å². The predicted molar refractivity (Wildman–Crippen MR) is 52.7 cm³/mol. The van der Waals surface area contributed by atoms with Gasteiger partial charge >= 0.3 is 103 Å². The van der Waals surface area contributed by atoms with Crippen molar-refractivity contribution in [2.75, 3.05) is 0 Å². The maximum atomic E-state index is 11.4. The number of Topliss-reactive ketones (excluding diaryl/α,β-unsaturated/α-hetero) is 1. The maximum Gasteiger partial charge on any atom is 1.00 e. The Morgan fingerprint density at radius 1 is 1.27 bits per heavy atom. The molecular weight excluding hydrogens is 240 g/mol. The molecule has 0 rings (SSSR count). The summed E-state index contributed by atoms with van der Waals surface area (Å²) in [4.78, 5) is 11.4. The number of rotatable bonds is 4. The SMILES string of the molecule is CC(=O)C(C#N)([CH-]C(C)C)C(C)C.[K+].[K+]. The summed E-state index contributed by atoms with van der Waals surface area (Å²) in [6.07, 6.45) is 1.85. The van der Waals surface area contributed by atoms with Gasteiger partial charge in [0.2, 0.25) is 0 Å². The van der Waals surface area contributed by atoms with Gasteiger partial charge in [0.15, 0.2) is 0 Å². The molecule has 1 atom stereocenters. The number of carbonyl (C=O) groups is 1. The molecule has 0 bridgehead atoms. The van der Waals surface area contributed by atoms with E-state index in [2.05, 4.69) is 6.07 Å². The van der Waals surface area contributed by atoms with Gasteiger partial charge in [-0.3, -0.25) is 6.42 Å². The summed E-state index contributed by atoms with van der Waals surface area (Å²) in [5.74, 6) is 0.238. The first kappa shape index (κ1) is 22.6. The van der Waals surface area contributed by atoms with Crippen LogP contribution in [0, 0.1) is 35.0 Å². The number of nitriles is 1. The minimum absolute atomic E-state index is 0. The summed E-state index contributed by atoms with van der Waals surface area (Å²) in [7, 11) is 0. The molecule has 0 spiro atoms. The fraction of sp³-hybridized carbons (Fsp3) is 0.727. The first-order valence-corrected chi connectivity index (χ1v) is 4.65. The molecule has 0 heterocycles. The smallest absolute Gasteiger partial charge is 0.301 e. The zero-order valence-corrected chi connectivity index (χ0v) is 17.3. The summed E-state index contributed by atoms with van der Waals surface area (Å²) in [5.41, 5.74) is -0.895. The summed E-state index contributed by atoms with van der Waals surface area (Å²) in [5, 5.41) is 9.06. The fourth-order valence-corrected chi connectivity index (χ4v) is 1.49. The molecule has 0 aliphatic rings. The van der Waals surface area contributed by atoms with E-state index >= 15 is 0 Å². The number of carbonyl (C=O) groups excluding carboxylic acids is 1. The number of hydrogen-bond donors (Lipinski definition) is 0. The van der Waals surface area contributed by atoms with Crippen LogP contribution in [-0.2, 0) is 4.79 Å². The Balaban J connectivity index is -0.000000720. The van der Waals surface area contributed by atoms with Crippen LogP contribution in [0.2, 0.25) is 0 Å². The largest absolute Gasteiger partial charge is 1.00 e. The Bertz CT molecular complexity index is 233. The topological polar surface area (TPSA) is 40.9 Å². The van der Waals surface area contributed by atoms with Crippen LogP contribution in [-0.4, -0.2) is 5.78 Å². The van der Waals surface area contributed by atoms with Gasteiger partial charge in [-0.15, -0.1) is 0 Å². The van der Waals surface area contributed by atoms with E-state index in [1.807, 2.05) is 34.1 Å². The van der Waals surface area contributed by atoms with Gasteiger partial charge in [0.05, 0.1) is 0 Å². The van der Waals surface area contributed by atoms with Gasteiger partial charge in [-0.25, -0.2) is 5.26 Å². The third kappa shape index (κ3) is 6.80. The minimum Gasteiger partial charge on any atom is -0.301 e. The molecule has 0 aromatic carbocycles. The molecule has 0 aliphatic carbocycles. The number of ketones is 1. The molecule has 2 nitrogen and oxygen atoms in total. The predicted octanol–water partition coefficient (Wildman–Crippen LogP) is -3.39. The zero-order valence-electron chi connectivity index (χ0n) is 11.1. The van der Waals surface area contributed by atoms with Crippen LogP contribution >= 0.6 is 0 Å². The molecule has 0 aromatic rings. The van der Waals surface area contributed by atoms with Crippen molar-refractivity contribution in [3.05, 3.63) is 6.42 Å². The van der Waals surface area contributed by atoms with Gasteiger partial charge in [-0.2, -0.15) is 5.92 Å². The van der Waals surface area contributed by atoms with E-state index in [0.29, 0.717) is 0 Å². The number of nitrogens with zero attached hydrogens (tertiary/aromatic N) is 1. The van der Waals surface area contributed by atoms with Crippen molar-refractivity contribution in [2.24, 2.45) is 17.3 Å². The molecule has 0 aromatic heterocycles. The van der Waals surface area contributed by atoms with E-state index in [-0.39, 0.29) is 120 Å². The second kappa shape index (κ2) is 10.4. The van der Waals surface area contributed by atoms with Crippen molar-refractivity contribution in [1.29, 1.82) is 5.26 Å². The average Bonchev–Trinajstić information content (AvgIpc) is 1.98. The molecular formula is C11H18K2NO+. The van der Waals surface area contributed by atoms with Crippen LogP contribution in [0.1, 0.15) is 34.6 Å². The zero-order chi connectivity index (χ0) is 10.6. The van der Waals surface area contributed by atoms with Gasteiger partial charge in [-0.05, 0) is 18.3 Å². The Kier molecular flexibility index (Phi) is 15.6. The fourth-order valence-electron chi connectivity index (χ4n) is 1.49. The summed E-state index contributed by atoms with van der Waals surface area (Å²) in [6, 6.07) is 2.14. The molecule has 1 unspecified atom stereocenters. The summed E-state index contributed by atoms with van der Waals surface area (Å²) >= 11 is 0. The summed E-state index contributed by atoms with van der Waals surface area (Å²) < 4.78 is 0. The van der Waals surface area contributed by atoms with Crippen molar-refractivity contribution in [2.45, 2.75) is 34.6 Å². The van der Waals surface area contributed by atoms with Crippen LogP contribution < -0.4 is 103 Å². The molecule has 15 heavy (non-hydrogen) atoms. The first-order chi connectivity index (χ1) is 5.86. The van der Waals surface area contributed by atoms with Gasteiger partial charge in [0.1, 0.15) is 5.78 Å². The molecule has 0 N–H and O–H groups in total. The van der Waals surface area contributed by atoms with E-state index < -0.39 is 5.41 Å². The van der Waals surface area contributed by atoms with Crippen LogP contribution in [0.4, 0.5) is 0 Å². The molecule has 4 heteroatoms. The monoisotopic (exact) mass is 258 g/mol. The molecule has 0 amide bonds. The van der Waals surface area contributed by atoms with Gasteiger partial charge in [0.25, 0.3) is 0 Å². The molecule has 74 valence electrons. The van der Waals surface area contributed by atoms with Gasteiger partial charge < -0.3 is 4.79 Å². The third-order valence-electron chi connectivity index (χ3n) is 2.27. The molecule has 0 aliphatic heterocycles. The van der Waals surface area contributed by atoms with E-state index in [1.165, 1.54) is 6.92 Å². The van der Waals surface area contributed by atoms with E-state index in [0.717, 1.165) is 0 Å². The van der Waals surface area contributed by atoms with Crippen molar-refractivity contribution >= 4 is 5.78 Å². The van der Waals surface area contributed by atoms with Crippen molar-refractivity contribution < 1.29 is 108 Å². The Labute approximate surface area is 179 Å². The van der Waals surface area contributed by atoms with Crippen LogP contribution in [0.15, 0.2) is 0 Å².